The number of thioether (sulfide) groups is 1. The van der Waals surface area contributed by atoms with Crippen molar-refractivity contribution in [2.24, 2.45) is 0 Å². The van der Waals surface area contributed by atoms with Gasteiger partial charge in [-0.15, -0.1) is 11.8 Å². The van der Waals surface area contributed by atoms with Crippen LogP contribution in [0, 0.1) is 0 Å². The number of hydrogen-bond acceptors (Lipinski definition) is 5. The van der Waals surface area contributed by atoms with Crippen molar-refractivity contribution < 1.29 is 9.53 Å². The topological polar surface area (TPSA) is 55.3 Å². The number of benzene rings is 1. The molecule has 0 N–H and O–H groups in total. The molecule has 0 aliphatic carbocycles. The Balaban J connectivity index is 1.41. The van der Waals surface area contributed by atoms with Crippen LogP contribution in [0.2, 0.25) is 0 Å². The van der Waals surface area contributed by atoms with Crippen LogP contribution >= 0.6 is 11.8 Å². The lowest BCUT2D eigenvalue weighted by Gasteiger charge is -2.16. The highest BCUT2D eigenvalue weighted by Crippen LogP contribution is 2.20. The Hall–Kier alpha value is -2.08. The van der Waals surface area contributed by atoms with Crippen molar-refractivity contribution in [2.45, 2.75) is 23.8 Å². The predicted molar refractivity (Wildman–Crippen MR) is 89.4 cm³/mol. The fraction of sp³-hybridized carbons (Fsp3) is 0.353. The van der Waals surface area contributed by atoms with Crippen molar-refractivity contribution >= 4 is 17.7 Å². The Morgan fingerprint density at radius 3 is 2.78 bits per heavy atom. The summed E-state index contributed by atoms with van der Waals surface area (Å²) in [6, 6.07) is 12.3. The third-order valence-electron chi connectivity index (χ3n) is 3.64. The van der Waals surface area contributed by atoms with Crippen LogP contribution in [0.4, 0.5) is 0 Å². The van der Waals surface area contributed by atoms with E-state index < -0.39 is 0 Å². The highest BCUT2D eigenvalue weighted by Gasteiger charge is 2.27. The summed E-state index contributed by atoms with van der Waals surface area (Å²) in [4.78, 5) is 23.4. The highest BCUT2D eigenvalue weighted by molar-refractivity contribution is 7.99. The molecule has 23 heavy (non-hydrogen) atoms. The van der Waals surface area contributed by atoms with Gasteiger partial charge in [-0.05, 0) is 18.2 Å². The minimum absolute atomic E-state index is 0.0110. The van der Waals surface area contributed by atoms with E-state index in [9.17, 15) is 4.79 Å². The number of carbonyl (C=O) groups is 1. The van der Waals surface area contributed by atoms with Crippen LogP contribution in [0.5, 0.6) is 6.01 Å². The number of ether oxygens (including phenoxy) is 1. The number of likely N-dealkylation sites (tertiary alicyclic amines) is 1. The Bertz CT molecular complexity index is 624. The first-order chi connectivity index (χ1) is 11.3. The van der Waals surface area contributed by atoms with Crippen LogP contribution in [0.25, 0.3) is 0 Å². The summed E-state index contributed by atoms with van der Waals surface area (Å²) < 4.78 is 5.71. The monoisotopic (exact) mass is 329 g/mol. The van der Waals surface area contributed by atoms with Gasteiger partial charge >= 0.3 is 6.01 Å². The van der Waals surface area contributed by atoms with Gasteiger partial charge in [0.1, 0.15) is 6.10 Å². The molecule has 1 aromatic heterocycles. The first-order valence-corrected chi connectivity index (χ1v) is 8.69. The second-order valence-corrected chi connectivity index (χ2v) is 6.48. The highest BCUT2D eigenvalue weighted by atomic mass is 32.2. The van der Waals surface area contributed by atoms with Gasteiger partial charge in [-0.1, -0.05) is 18.2 Å². The van der Waals surface area contributed by atoms with E-state index in [0.29, 0.717) is 19.0 Å². The van der Waals surface area contributed by atoms with Crippen molar-refractivity contribution in [3.05, 3.63) is 48.8 Å². The minimum Gasteiger partial charge on any atom is -0.458 e. The van der Waals surface area contributed by atoms with E-state index in [0.717, 1.165) is 18.7 Å². The van der Waals surface area contributed by atoms with Gasteiger partial charge in [0, 0.05) is 42.4 Å². The predicted octanol–water partition coefficient (Wildman–Crippen LogP) is 2.64. The molecule has 0 radical (unpaired) electrons. The van der Waals surface area contributed by atoms with E-state index in [4.69, 9.17) is 4.74 Å². The zero-order chi connectivity index (χ0) is 15.9. The summed E-state index contributed by atoms with van der Waals surface area (Å²) in [5.74, 6) is 0.987. The van der Waals surface area contributed by atoms with E-state index in [-0.39, 0.29) is 12.0 Å². The number of rotatable bonds is 6. The maximum atomic E-state index is 12.3. The first kappa shape index (κ1) is 15.8. The molecular formula is C17H19N3O2S. The second-order valence-electron chi connectivity index (χ2n) is 5.31. The molecule has 1 fully saturated rings. The van der Waals surface area contributed by atoms with Gasteiger partial charge in [0.25, 0.3) is 0 Å². The molecule has 3 rings (SSSR count). The summed E-state index contributed by atoms with van der Waals surface area (Å²) >= 11 is 1.71. The lowest BCUT2D eigenvalue weighted by molar-refractivity contribution is -0.129. The Labute approximate surface area is 140 Å². The van der Waals surface area contributed by atoms with Gasteiger partial charge in [-0.3, -0.25) is 4.79 Å². The molecule has 1 atom stereocenters. The van der Waals surface area contributed by atoms with E-state index in [2.05, 4.69) is 22.1 Å². The zero-order valence-electron chi connectivity index (χ0n) is 12.8. The summed E-state index contributed by atoms with van der Waals surface area (Å²) in [6.45, 7) is 1.36. The van der Waals surface area contributed by atoms with E-state index >= 15 is 0 Å². The van der Waals surface area contributed by atoms with Crippen LogP contribution in [0.15, 0.2) is 53.7 Å². The third-order valence-corrected chi connectivity index (χ3v) is 4.65. The fourth-order valence-corrected chi connectivity index (χ4v) is 3.34. The van der Waals surface area contributed by atoms with Crippen LogP contribution in [-0.4, -0.2) is 45.7 Å². The van der Waals surface area contributed by atoms with Gasteiger partial charge < -0.3 is 9.64 Å². The third kappa shape index (κ3) is 4.69. The Kier molecular flexibility index (Phi) is 5.47. The maximum Gasteiger partial charge on any atom is 0.316 e. The fourth-order valence-electron chi connectivity index (χ4n) is 2.48. The summed E-state index contributed by atoms with van der Waals surface area (Å²) in [5.41, 5.74) is 0. The first-order valence-electron chi connectivity index (χ1n) is 7.70. The molecular weight excluding hydrogens is 310 g/mol. The molecule has 1 aliphatic heterocycles. The number of carbonyl (C=O) groups excluding carboxylic acids is 1. The average molecular weight is 329 g/mol. The van der Waals surface area contributed by atoms with E-state index in [1.54, 1.807) is 30.2 Å². The van der Waals surface area contributed by atoms with Crippen molar-refractivity contribution in [3.63, 3.8) is 0 Å². The molecule has 120 valence electrons. The second kappa shape index (κ2) is 7.97. The molecule has 2 aromatic rings. The van der Waals surface area contributed by atoms with Crippen LogP contribution in [-0.2, 0) is 4.79 Å². The molecule has 0 saturated carbocycles. The molecule has 1 aliphatic rings. The standard InChI is InChI=1S/C17H19N3O2S/c21-16(8-12-23-15-5-2-1-3-6-15)20-11-7-14(13-20)22-17-18-9-4-10-19-17/h1-6,9-10,14H,7-8,11-13H2. The molecule has 1 unspecified atom stereocenters. The Morgan fingerprint density at radius 2 is 2.00 bits per heavy atom. The van der Waals surface area contributed by atoms with Crippen LogP contribution in [0.3, 0.4) is 0 Å². The van der Waals surface area contributed by atoms with Gasteiger partial charge in [-0.25, -0.2) is 9.97 Å². The molecule has 0 spiro atoms. The maximum absolute atomic E-state index is 12.3. The van der Waals surface area contributed by atoms with E-state index in [1.165, 1.54) is 4.90 Å². The van der Waals surface area contributed by atoms with Crippen molar-refractivity contribution in [1.82, 2.24) is 14.9 Å². The smallest absolute Gasteiger partial charge is 0.316 e. The lowest BCUT2D eigenvalue weighted by Crippen LogP contribution is -2.31. The SMILES string of the molecule is O=C(CCSc1ccccc1)N1CCC(Oc2ncccn2)C1. The van der Waals surface area contributed by atoms with Gasteiger partial charge in [0.2, 0.25) is 5.91 Å². The molecule has 1 saturated heterocycles. The van der Waals surface area contributed by atoms with Crippen LogP contribution in [0.1, 0.15) is 12.8 Å². The van der Waals surface area contributed by atoms with Crippen molar-refractivity contribution in [3.8, 4) is 6.01 Å². The molecule has 1 amide bonds. The largest absolute Gasteiger partial charge is 0.458 e. The minimum atomic E-state index is -0.0110. The summed E-state index contributed by atoms with van der Waals surface area (Å²) in [5, 5.41) is 0. The molecule has 2 heterocycles. The zero-order valence-corrected chi connectivity index (χ0v) is 13.6. The van der Waals surface area contributed by atoms with Crippen molar-refractivity contribution in [1.29, 1.82) is 0 Å². The summed E-state index contributed by atoms with van der Waals surface area (Å²) in [6.07, 6.45) is 4.68. The number of hydrogen-bond donors (Lipinski definition) is 0. The van der Waals surface area contributed by atoms with E-state index in [1.807, 2.05) is 23.1 Å². The average Bonchev–Trinajstić information content (AvgIpc) is 3.05. The Morgan fingerprint density at radius 1 is 1.22 bits per heavy atom. The van der Waals surface area contributed by atoms with Gasteiger partial charge in [-0.2, -0.15) is 0 Å². The molecule has 6 heteroatoms. The van der Waals surface area contributed by atoms with Gasteiger partial charge in [0.05, 0.1) is 6.54 Å². The van der Waals surface area contributed by atoms with Gasteiger partial charge in [0.15, 0.2) is 0 Å². The molecule has 1 aromatic carbocycles. The quantitative estimate of drug-likeness (QED) is 0.763. The molecule has 0 bridgehead atoms. The lowest BCUT2D eigenvalue weighted by atomic mass is 10.3. The summed E-state index contributed by atoms with van der Waals surface area (Å²) in [7, 11) is 0. The van der Waals surface area contributed by atoms with Crippen molar-refractivity contribution in [2.75, 3.05) is 18.8 Å². The normalized spacial score (nSPS) is 17.2. The molecule has 5 nitrogen and oxygen atoms in total. The van der Waals surface area contributed by atoms with Crippen LogP contribution < -0.4 is 4.74 Å². The number of aromatic nitrogens is 2. The number of nitrogens with zero attached hydrogens (tertiary/aromatic N) is 3. The number of amides is 1.